The lowest BCUT2D eigenvalue weighted by molar-refractivity contribution is -0.166. The van der Waals surface area contributed by atoms with Crippen molar-refractivity contribution in [1.29, 1.82) is 0 Å². The fraction of sp³-hybridized carbons (Fsp3) is 0.652. The molecule has 5 aliphatic rings. The molecule has 7 heteroatoms. The van der Waals surface area contributed by atoms with Crippen LogP contribution >= 0.6 is 15.9 Å². The smallest absolute Gasteiger partial charge is 0.329 e. The molecule has 1 heterocycles. The van der Waals surface area contributed by atoms with E-state index >= 15 is 0 Å². The quantitative estimate of drug-likeness (QED) is 0.666. The lowest BCUT2D eigenvalue weighted by Crippen LogP contribution is -2.56. The summed E-state index contributed by atoms with van der Waals surface area (Å²) in [4.78, 5) is 28.1. The number of benzene rings is 1. The molecular formula is C23H27BrFNO4. The number of esters is 1. The van der Waals surface area contributed by atoms with E-state index in [-0.39, 0.29) is 36.7 Å². The van der Waals surface area contributed by atoms with Crippen molar-refractivity contribution in [3.05, 3.63) is 34.1 Å². The van der Waals surface area contributed by atoms with Gasteiger partial charge >= 0.3 is 5.97 Å². The van der Waals surface area contributed by atoms with Crippen molar-refractivity contribution in [3.8, 4) is 0 Å². The highest BCUT2D eigenvalue weighted by Crippen LogP contribution is 2.60. The molecule has 1 aliphatic heterocycles. The highest BCUT2D eigenvalue weighted by Gasteiger charge is 2.57. The molecule has 5 nitrogen and oxygen atoms in total. The number of hydrogen-bond acceptors (Lipinski definition) is 4. The second-order valence-electron chi connectivity index (χ2n) is 9.90. The summed E-state index contributed by atoms with van der Waals surface area (Å²) < 4.78 is 19.3. The summed E-state index contributed by atoms with van der Waals surface area (Å²) in [5.74, 6) is 1.07. The van der Waals surface area contributed by atoms with E-state index in [0.717, 1.165) is 19.3 Å². The Labute approximate surface area is 184 Å². The summed E-state index contributed by atoms with van der Waals surface area (Å²) in [6.07, 6.45) is 6.01. The van der Waals surface area contributed by atoms with Gasteiger partial charge in [0, 0.05) is 23.0 Å². The van der Waals surface area contributed by atoms with Crippen LogP contribution in [0.2, 0.25) is 0 Å². The maximum atomic E-state index is 13.7. The SMILES string of the molecule is O=C(OCc1ccc(F)cc1Br)C1CC(O)CN1C(=O)C12CC3CC(CC(C3)C1)C2. The first-order valence-electron chi connectivity index (χ1n) is 10.9. The second kappa shape index (κ2) is 7.59. The van der Waals surface area contributed by atoms with Crippen LogP contribution in [0.3, 0.4) is 0 Å². The molecule has 1 amide bonds. The Kier molecular flexibility index (Phi) is 5.17. The number of hydrogen-bond donors (Lipinski definition) is 1. The average Bonchev–Trinajstić information content (AvgIpc) is 3.07. The van der Waals surface area contributed by atoms with Crippen molar-refractivity contribution in [3.63, 3.8) is 0 Å². The molecule has 4 aliphatic carbocycles. The molecule has 1 aromatic carbocycles. The normalized spacial score (nSPS) is 36.9. The van der Waals surface area contributed by atoms with E-state index in [1.807, 2.05) is 0 Å². The van der Waals surface area contributed by atoms with Crippen LogP contribution in [-0.2, 0) is 20.9 Å². The van der Waals surface area contributed by atoms with E-state index in [9.17, 15) is 19.1 Å². The summed E-state index contributed by atoms with van der Waals surface area (Å²) >= 11 is 3.28. The monoisotopic (exact) mass is 479 g/mol. The van der Waals surface area contributed by atoms with E-state index in [1.54, 1.807) is 11.0 Å². The van der Waals surface area contributed by atoms with E-state index in [2.05, 4.69) is 15.9 Å². The molecule has 0 radical (unpaired) electrons. The molecular weight excluding hydrogens is 453 g/mol. The Morgan fingerprint density at radius 1 is 1.13 bits per heavy atom. The standard InChI is InChI=1S/C23H27BrFNO4/c24-19-6-17(25)2-1-16(19)12-30-21(28)20-7-18(27)11-26(20)22(29)23-8-13-3-14(9-23)5-15(4-13)10-23/h1-2,6,13-15,18,20,27H,3-5,7-12H2. The van der Waals surface area contributed by atoms with Crippen molar-refractivity contribution in [2.24, 2.45) is 23.2 Å². The fourth-order valence-corrected chi connectivity index (χ4v) is 7.29. The van der Waals surface area contributed by atoms with Crippen LogP contribution < -0.4 is 0 Å². The molecule has 2 unspecified atom stereocenters. The highest BCUT2D eigenvalue weighted by atomic mass is 79.9. The second-order valence-corrected chi connectivity index (χ2v) is 10.8. The minimum absolute atomic E-state index is 0.00825. The predicted octanol–water partition coefficient (Wildman–Crippen LogP) is 3.81. The molecule has 0 aromatic heterocycles. The summed E-state index contributed by atoms with van der Waals surface area (Å²) in [6, 6.07) is 3.45. The van der Waals surface area contributed by atoms with E-state index in [0.29, 0.717) is 27.8 Å². The molecule has 1 saturated heterocycles. The van der Waals surface area contributed by atoms with Crippen molar-refractivity contribution in [2.75, 3.05) is 6.54 Å². The highest BCUT2D eigenvalue weighted by molar-refractivity contribution is 9.10. The van der Waals surface area contributed by atoms with Crippen molar-refractivity contribution < 1.29 is 23.8 Å². The van der Waals surface area contributed by atoms with Gasteiger partial charge in [0.25, 0.3) is 0 Å². The zero-order valence-electron chi connectivity index (χ0n) is 16.9. The molecule has 4 saturated carbocycles. The minimum atomic E-state index is -0.750. The maximum absolute atomic E-state index is 13.7. The topological polar surface area (TPSA) is 66.8 Å². The third-order valence-electron chi connectivity index (χ3n) is 7.69. The summed E-state index contributed by atoms with van der Waals surface area (Å²) in [5, 5.41) is 10.3. The van der Waals surface area contributed by atoms with Crippen molar-refractivity contribution in [1.82, 2.24) is 4.90 Å². The van der Waals surface area contributed by atoms with Crippen LogP contribution in [-0.4, -0.2) is 40.6 Å². The molecule has 1 N–H and O–H groups in total. The van der Waals surface area contributed by atoms with Gasteiger partial charge in [0.1, 0.15) is 18.5 Å². The van der Waals surface area contributed by atoms with Gasteiger partial charge in [0.2, 0.25) is 5.91 Å². The lowest BCUT2D eigenvalue weighted by atomic mass is 9.49. The Morgan fingerprint density at radius 3 is 2.37 bits per heavy atom. The van der Waals surface area contributed by atoms with Gasteiger partial charge in [0.15, 0.2) is 0 Å². The number of likely N-dealkylation sites (tertiary alicyclic amines) is 1. The van der Waals surface area contributed by atoms with E-state index in [1.165, 1.54) is 31.4 Å². The Morgan fingerprint density at radius 2 is 1.77 bits per heavy atom. The number of aliphatic hydroxyl groups excluding tert-OH is 1. The minimum Gasteiger partial charge on any atom is -0.459 e. The maximum Gasteiger partial charge on any atom is 0.329 e. The average molecular weight is 480 g/mol. The third-order valence-corrected chi connectivity index (χ3v) is 8.43. The number of halogens is 2. The molecule has 2 atom stereocenters. The summed E-state index contributed by atoms with van der Waals surface area (Å²) in [5.41, 5.74) is 0.305. The number of β-amino-alcohol motifs (C(OH)–C–C–N with tert-alkyl or cyclic N) is 1. The number of ether oxygens (including phenoxy) is 1. The number of carbonyl (C=O) groups is 2. The van der Waals surface area contributed by atoms with Gasteiger partial charge in [-0.2, -0.15) is 0 Å². The third kappa shape index (κ3) is 3.58. The number of aliphatic hydroxyl groups is 1. The Bertz CT molecular complexity index is 839. The van der Waals surface area contributed by atoms with Gasteiger partial charge in [-0.15, -0.1) is 0 Å². The first kappa shape index (κ1) is 20.4. The fourth-order valence-electron chi connectivity index (χ4n) is 6.82. The summed E-state index contributed by atoms with van der Waals surface area (Å²) in [6.45, 7) is 0.187. The molecule has 162 valence electrons. The zero-order chi connectivity index (χ0) is 21.0. The Balaban J connectivity index is 1.30. The molecule has 5 fully saturated rings. The van der Waals surface area contributed by atoms with Gasteiger partial charge in [-0.1, -0.05) is 22.0 Å². The van der Waals surface area contributed by atoms with Crippen molar-refractivity contribution >= 4 is 27.8 Å². The number of amides is 1. The van der Waals surface area contributed by atoms with Crippen LogP contribution in [0.5, 0.6) is 0 Å². The van der Waals surface area contributed by atoms with Crippen LogP contribution in [0.15, 0.2) is 22.7 Å². The van der Waals surface area contributed by atoms with Gasteiger partial charge in [-0.25, -0.2) is 9.18 Å². The zero-order valence-corrected chi connectivity index (χ0v) is 18.4. The van der Waals surface area contributed by atoms with Crippen LogP contribution in [0, 0.1) is 29.0 Å². The predicted molar refractivity (Wildman–Crippen MR) is 111 cm³/mol. The van der Waals surface area contributed by atoms with Gasteiger partial charge in [-0.3, -0.25) is 4.79 Å². The number of rotatable bonds is 4. The first-order valence-corrected chi connectivity index (χ1v) is 11.7. The lowest BCUT2D eigenvalue weighted by Gasteiger charge is -2.56. The molecule has 4 bridgehead atoms. The first-order chi connectivity index (χ1) is 14.3. The van der Waals surface area contributed by atoms with Crippen molar-refractivity contribution in [2.45, 2.75) is 63.7 Å². The van der Waals surface area contributed by atoms with Gasteiger partial charge in [-0.05, 0) is 68.4 Å². The largest absolute Gasteiger partial charge is 0.459 e. The van der Waals surface area contributed by atoms with E-state index < -0.39 is 18.1 Å². The van der Waals surface area contributed by atoms with Crippen LogP contribution in [0.25, 0.3) is 0 Å². The number of carbonyl (C=O) groups excluding carboxylic acids is 2. The Hall–Kier alpha value is -1.47. The molecule has 1 aromatic rings. The van der Waals surface area contributed by atoms with E-state index in [4.69, 9.17) is 4.74 Å². The van der Waals surface area contributed by atoms with Crippen LogP contribution in [0.4, 0.5) is 4.39 Å². The van der Waals surface area contributed by atoms with Crippen LogP contribution in [0.1, 0.15) is 50.5 Å². The molecule has 30 heavy (non-hydrogen) atoms. The van der Waals surface area contributed by atoms with Gasteiger partial charge < -0.3 is 14.7 Å². The van der Waals surface area contributed by atoms with Gasteiger partial charge in [0.05, 0.1) is 11.5 Å². The molecule has 6 rings (SSSR count). The number of nitrogens with zero attached hydrogens (tertiary/aromatic N) is 1. The molecule has 0 spiro atoms. The summed E-state index contributed by atoms with van der Waals surface area (Å²) in [7, 11) is 0.